The van der Waals surface area contributed by atoms with Crippen LogP contribution in [0.4, 0.5) is 14.5 Å². The summed E-state index contributed by atoms with van der Waals surface area (Å²) in [6.45, 7) is -0.228. The molecule has 1 heterocycles. The van der Waals surface area contributed by atoms with Crippen molar-refractivity contribution >= 4 is 28.9 Å². The zero-order chi connectivity index (χ0) is 15.0. The smallest absolute Gasteiger partial charge is 0.246 e. The maximum atomic E-state index is 14.0. The lowest BCUT2D eigenvalue weighted by atomic mass is 9.99. The molecule has 2 aromatic carbocycles. The number of benzodiazepines with no additional fused rings is 1. The minimum atomic E-state index is -0.756. The van der Waals surface area contributed by atoms with Gasteiger partial charge in [0, 0.05) is 5.56 Å². The van der Waals surface area contributed by atoms with Crippen LogP contribution in [0.25, 0.3) is 0 Å². The summed E-state index contributed by atoms with van der Waals surface area (Å²) in [5.41, 5.74) is 0.438. The average molecular weight is 307 g/mol. The normalized spacial score (nSPS) is 14.0. The average Bonchev–Trinajstić information content (AvgIpc) is 2.59. The zero-order valence-electron chi connectivity index (χ0n) is 10.7. The molecule has 1 N–H and O–H groups in total. The molecule has 0 unspecified atom stereocenters. The van der Waals surface area contributed by atoms with Gasteiger partial charge in [0.05, 0.1) is 22.0 Å². The minimum Gasteiger partial charge on any atom is -0.324 e. The lowest BCUT2D eigenvalue weighted by Crippen LogP contribution is -2.13. The number of anilines is 1. The van der Waals surface area contributed by atoms with Crippen molar-refractivity contribution in [1.29, 1.82) is 0 Å². The van der Waals surface area contributed by atoms with Crippen molar-refractivity contribution in [3.63, 3.8) is 0 Å². The third-order valence-corrected chi connectivity index (χ3v) is 3.42. The molecule has 6 heteroatoms. The topological polar surface area (TPSA) is 41.5 Å². The number of carbonyl (C=O) groups excluding carboxylic acids is 1. The summed E-state index contributed by atoms with van der Waals surface area (Å²) in [7, 11) is 0. The number of fused-ring (bicyclic) bond motifs is 1. The second-order valence-corrected chi connectivity index (χ2v) is 4.88. The van der Waals surface area contributed by atoms with Gasteiger partial charge in [0.25, 0.3) is 0 Å². The molecule has 0 fully saturated rings. The van der Waals surface area contributed by atoms with Crippen LogP contribution in [0.3, 0.4) is 0 Å². The third-order valence-electron chi connectivity index (χ3n) is 3.10. The van der Waals surface area contributed by atoms with Crippen LogP contribution >= 0.6 is 11.6 Å². The van der Waals surface area contributed by atoms with Gasteiger partial charge in [-0.2, -0.15) is 0 Å². The van der Waals surface area contributed by atoms with Gasteiger partial charge in [-0.3, -0.25) is 9.79 Å². The molecule has 21 heavy (non-hydrogen) atoms. The van der Waals surface area contributed by atoms with Crippen LogP contribution < -0.4 is 5.32 Å². The Hall–Kier alpha value is -2.27. The van der Waals surface area contributed by atoms with E-state index in [4.69, 9.17) is 11.6 Å². The van der Waals surface area contributed by atoms with Crippen LogP contribution in [-0.4, -0.2) is 18.2 Å². The van der Waals surface area contributed by atoms with E-state index < -0.39 is 11.6 Å². The summed E-state index contributed by atoms with van der Waals surface area (Å²) >= 11 is 6.13. The fourth-order valence-corrected chi connectivity index (χ4v) is 2.48. The van der Waals surface area contributed by atoms with Crippen molar-refractivity contribution in [1.82, 2.24) is 0 Å². The summed E-state index contributed by atoms with van der Waals surface area (Å²) < 4.78 is 28.0. The fraction of sp³-hybridized carbons (Fsp3) is 0.0667. The van der Waals surface area contributed by atoms with Gasteiger partial charge in [-0.1, -0.05) is 23.7 Å². The molecule has 0 saturated carbocycles. The molecule has 3 rings (SSSR count). The Balaban J connectivity index is 2.31. The van der Waals surface area contributed by atoms with E-state index in [1.807, 2.05) is 0 Å². The molecule has 0 saturated heterocycles. The van der Waals surface area contributed by atoms with Crippen molar-refractivity contribution in [3.05, 3.63) is 64.2 Å². The van der Waals surface area contributed by atoms with Gasteiger partial charge >= 0.3 is 0 Å². The highest BCUT2D eigenvalue weighted by Crippen LogP contribution is 2.30. The van der Waals surface area contributed by atoms with Gasteiger partial charge in [0.15, 0.2) is 0 Å². The van der Waals surface area contributed by atoms with E-state index in [0.717, 1.165) is 12.1 Å². The van der Waals surface area contributed by atoms with E-state index in [2.05, 4.69) is 10.3 Å². The number of benzene rings is 2. The van der Waals surface area contributed by atoms with E-state index in [0.29, 0.717) is 11.3 Å². The Morgan fingerprint density at radius 3 is 2.43 bits per heavy atom. The van der Waals surface area contributed by atoms with E-state index in [1.165, 1.54) is 6.07 Å². The molecule has 1 aliphatic heterocycles. The number of carbonyl (C=O) groups is 1. The quantitative estimate of drug-likeness (QED) is 0.862. The predicted octanol–water partition coefficient (Wildman–Crippen LogP) is 3.41. The SMILES string of the molecule is O=C1CN=C(c2c(F)cccc2F)c2c(Cl)cccc2N1. The standard InChI is InChI=1S/C15H9ClF2N2O/c16-8-3-1-6-11-13(8)15(19-7-12(21)20-11)14-9(17)4-2-5-10(14)18/h1-6H,7H2,(H,20,21). The highest BCUT2D eigenvalue weighted by Gasteiger charge is 2.24. The van der Waals surface area contributed by atoms with Crippen LogP contribution in [0, 0.1) is 11.6 Å². The Morgan fingerprint density at radius 2 is 1.71 bits per heavy atom. The minimum absolute atomic E-state index is 0.0320. The van der Waals surface area contributed by atoms with Crippen molar-refractivity contribution in [3.8, 4) is 0 Å². The van der Waals surface area contributed by atoms with Crippen molar-refractivity contribution < 1.29 is 13.6 Å². The molecule has 0 radical (unpaired) electrons. The molecule has 0 atom stereocenters. The number of nitrogens with one attached hydrogen (secondary N) is 1. The van der Waals surface area contributed by atoms with Gasteiger partial charge in [-0.15, -0.1) is 0 Å². The Morgan fingerprint density at radius 1 is 1.05 bits per heavy atom. The predicted molar refractivity (Wildman–Crippen MR) is 76.9 cm³/mol. The second-order valence-electron chi connectivity index (χ2n) is 4.47. The molecule has 1 amide bonds. The third kappa shape index (κ3) is 2.40. The summed E-state index contributed by atoms with van der Waals surface area (Å²) in [5.74, 6) is -1.88. The first-order chi connectivity index (χ1) is 10.1. The molecular formula is C15H9ClF2N2O. The number of nitrogens with zero attached hydrogens (tertiary/aromatic N) is 1. The van der Waals surface area contributed by atoms with E-state index in [1.54, 1.807) is 18.2 Å². The summed E-state index contributed by atoms with van der Waals surface area (Å²) in [4.78, 5) is 15.7. The van der Waals surface area contributed by atoms with Gasteiger partial charge in [-0.25, -0.2) is 8.78 Å². The molecule has 0 bridgehead atoms. The van der Waals surface area contributed by atoms with E-state index in [9.17, 15) is 13.6 Å². The van der Waals surface area contributed by atoms with Crippen molar-refractivity contribution in [2.75, 3.05) is 11.9 Å². The monoisotopic (exact) mass is 306 g/mol. The zero-order valence-corrected chi connectivity index (χ0v) is 11.4. The Kier molecular flexibility index (Phi) is 3.43. The number of amides is 1. The number of aliphatic imine (C=N–C) groups is 1. The second kappa shape index (κ2) is 5.26. The Bertz CT molecular complexity index is 754. The fourth-order valence-electron chi connectivity index (χ4n) is 2.22. The molecule has 1 aliphatic rings. The maximum absolute atomic E-state index is 14.0. The van der Waals surface area contributed by atoms with Gasteiger partial charge in [-0.05, 0) is 24.3 Å². The first kappa shape index (κ1) is 13.7. The number of hydrogen-bond acceptors (Lipinski definition) is 2. The van der Waals surface area contributed by atoms with E-state index in [-0.39, 0.29) is 28.7 Å². The molecular weight excluding hydrogens is 298 g/mol. The van der Waals surface area contributed by atoms with Crippen LogP contribution in [-0.2, 0) is 4.79 Å². The van der Waals surface area contributed by atoms with Crippen molar-refractivity contribution in [2.45, 2.75) is 0 Å². The number of rotatable bonds is 1. The summed E-state index contributed by atoms with van der Waals surface area (Å²) in [6, 6.07) is 8.37. The Labute approximate surface area is 124 Å². The van der Waals surface area contributed by atoms with E-state index >= 15 is 0 Å². The molecule has 0 aliphatic carbocycles. The molecule has 3 nitrogen and oxygen atoms in total. The van der Waals surface area contributed by atoms with Gasteiger partial charge in [0.1, 0.15) is 18.2 Å². The molecule has 0 aromatic heterocycles. The highest BCUT2D eigenvalue weighted by atomic mass is 35.5. The summed E-state index contributed by atoms with van der Waals surface area (Å²) in [6.07, 6.45) is 0. The first-order valence-electron chi connectivity index (χ1n) is 6.15. The highest BCUT2D eigenvalue weighted by molar-refractivity contribution is 6.37. The number of halogens is 3. The first-order valence-corrected chi connectivity index (χ1v) is 6.53. The lowest BCUT2D eigenvalue weighted by Gasteiger charge is -2.12. The van der Waals surface area contributed by atoms with Gasteiger partial charge in [0.2, 0.25) is 5.91 Å². The van der Waals surface area contributed by atoms with Gasteiger partial charge < -0.3 is 5.32 Å². The molecule has 0 spiro atoms. The largest absolute Gasteiger partial charge is 0.324 e. The van der Waals surface area contributed by atoms with Crippen molar-refractivity contribution in [2.24, 2.45) is 4.99 Å². The lowest BCUT2D eigenvalue weighted by molar-refractivity contribution is -0.114. The van der Waals surface area contributed by atoms with Crippen LogP contribution in [0.1, 0.15) is 11.1 Å². The van der Waals surface area contributed by atoms with Crippen LogP contribution in [0.2, 0.25) is 5.02 Å². The van der Waals surface area contributed by atoms with Crippen LogP contribution in [0.5, 0.6) is 0 Å². The van der Waals surface area contributed by atoms with Crippen LogP contribution in [0.15, 0.2) is 41.4 Å². The maximum Gasteiger partial charge on any atom is 0.246 e. The number of hydrogen-bond donors (Lipinski definition) is 1. The summed E-state index contributed by atoms with van der Waals surface area (Å²) in [5, 5.41) is 2.88. The molecule has 106 valence electrons. The molecule has 2 aromatic rings.